The van der Waals surface area contributed by atoms with E-state index < -0.39 is 11.6 Å². The molecule has 3 rings (SSSR count). The molecule has 0 aliphatic carbocycles. The van der Waals surface area contributed by atoms with Crippen LogP contribution in [0, 0.1) is 11.6 Å². The van der Waals surface area contributed by atoms with Gasteiger partial charge >= 0.3 is 0 Å². The number of hydrogen-bond acceptors (Lipinski definition) is 1. The van der Waals surface area contributed by atoms with Crippen molar-refractivity contribution in [3.8, 4) is 0 Å². The van der Waals surface area contributed by atoms with Gasteiger partial charge in [-0.1, -0.05) is 18.2 Å². The van der Waals surface area contributed by atoms with E-state index >= 15 is 0 Å². The van der Waals surface area contributed by atoms with Gasteiger partial charge in [-0.05, 0) is 55.3 Å². The monoisotopic (exact) mass is 314 g/mol. The quantitative estimate of drug-likeness (QED) is 0.751. The maximum Gasteiger partial charge on any atom is 0.126 e. The molecule has 2 aromatic carbocycles. The Hall–Kier alpha value is -2.20. The molecule has 1 heterocycles. The molecule has 2 N–H and O–H groups in total. The summed E-state index contributed by atoms with van der Waals surface area (Å²) in [6.07, 6.45) is 2.68. The first-order chi connectivity index (χ1) is 11.1. The number of hydrogen-bond donors (Lipinski definition) is 1. The lowest BCUT2D eigenvalue weighted by atomic mass is 9.91. The topological polar surface area (TPSA) is 30.9 Å². The van der Waals surface area contributed by atoms with Crippen molar-refractivity contribution in [2.45, 2.75) is 25.8 Å². The third-order valence-electron chi connectivity index (χ3n) is 4.36. The molecular formula is C19H20F2N2. The van der Waals surface area contributed by atoms with E-state index in [1.807, 2.05) is 12.1 Å². The fourth-order valence-electron chi connectivity index (χ4n) is 3.16. The maximum atomic E-state index is 14.1. The molecule has 0 aliphatic heterocycles. The van der Waals surface area contributed by atoms with Crippen LogP contribution in [-0.2, 0) is 13.0 Å². The molecule has 2 nitrogen and oxygen atoms in total. The number of nitrogens with two attached hydrogens (primary N) is 1. The molecule has 0 aliphatic rings. The number of rotatable bonds is 5. The molecule has 1 atom stereocenters. The lowest BCUT2D eigenvalue weighted by Crippen LogP contribution is -2.16. The van der Waals surface area contributed by atoms with Crippen LogP contribution in [-0.4, -0.2) is 11.1 Å². The molecule has 1 unspecified atom stereocenters. The number of benzene rings is 2. The van der Waals surface area contributed by atoms with Crippen LogP contribution in [0.5, 0.6) is 0 Å². The minimum Gasteiger partial charge on any atom is -0.347 e. The van der Waals surface area contributed by atoms with Gasteiger partial charge in [0.25, 0.3) is 0 Å². The van der Waals surface area contributed by atoms with Crippen LogP contribution in [0.15, 0.2) is 48.7 Å². The number of aromatic nitrogens is 1. The second kappa shape index (κ2) is 6.50. The highest BCUT2D eigenvalue weighted by Crippen LogP contribution is 2.28. The van der Waals surface area contributed by atoms with E-state index in [2.05, 4.69) is 29.8 Å². The average molecular weight is 314 g/mol. The SMILES string of the molecule is CCn1cc(CC(CN)c2cc(F)ccc2F)c2ccccc21. The van der Waals surface area contributed by atoms with Crippen LogP contribution in [0.2, 0.25) is 0 Å². The van der Waals surface area contributed by atoms with E-state index in [0.717, 1.165) is 29.1 Å². The molecule has 23 heavy (non-hydrogen) atoms. The Morgan fingerprint density at radius 1 is 1.13 bits per heavy atom. The summed E-state index contributed by atoms with van der Waals surface area (Å²) in [6, 6.07) is 11.7. The normalized spacial score (nSPS) is 12.7. The summed E-state index contributed by atoms with van der Waals surface area (Å²) in [5.74, 6) is -1.08. The van der Waals surface area contributed by atoms with Gasteiger partial charge in [0.15, 0.2) is 0 Å². The van der Waals surface area contributed by atoms with Crippen LogP contribution in [0.1, 0.15) is 24.0 Å². The number of nitrogens with zero attached hydrogens (tertiary/aromatic N) is 1. The van der Waals surface area contributed by atoms with Crippen LogP contribution in [0.3, 0.4) is 0 Å². The second-order valence-electron chi connectivity index (χ2n) is 5.76. The van der Waals surface area contributed by atoms with Crippen LogP contribution < -0.4 is 5.73 Å². The Bertz CT molecular complexity index is 823. The third-order valence-corrected chi connectivity index (χ3v) is 4.36. The molecule has 1 aromatic heterocycles. The number of para-hydroxylation sites is 1. The standard InChI is InChI=1S/C19H20F2N2/c1-2-23-12-14(16-5-3-4-6-19(16)23)9-13(11-22)17-10-15(20)7-8-18(17)21/h3-8,10,12-13H,2,9,11,22H2,1H3. The molecular weight excluding hydrogens is 294 g/mol. The Labute approximate surface area is 134 Å². The Kier molecular flexibility index (Phi) is 4.44. The van der Waals surface area contributed by atoms with E-state index in [1.54, 1.807) is 0 Å². The van der Waals surface area contributed by atoms with Gasteiger partial charge in [0.2, 0.25) is 0 Å². The van der Waals surface area contributed by atoms with Gasteiger partial charge in [-0.15, -0.1) is 0 Å². The van der Waals surface area contributed by atoms with Gasteiger partial charge in [0, 0.05) is 29.6 Å². The molecule has 0 saturated carbocycles. The minimum atomic E-state index is -0.434. The van der Waals surface area contributed by atoms with Crippen molar-refractivity contribution in [2.24, 2.45) is 5.73 Å². The highest BCUT2D eigenvalue weighted by molar-refractivity contribution is 5.84. The zero-order valence-electron chi connectivity index (χ0n) is 13.1. The largest absolute Gasteiger partial charge is 0.347 e. The molecule has 0 radical (unpaired) electrons. The third kappa shape index (κ3) is 2.99. The molecule has 4 heteroatoms. The first kappa shape index (κ1) is 15.7. The summed E-state index contributed by atoms with van der Waals surface area (Å²) in [6.45, 7) is 3.22. The van der Waals surface area contributed by atoms with Crippen molar-refractivity contribution < 1.29 is 8.78 Å². The van der Waals surface area contributed by atoms with E-state index in [-0.39, 0.29) is 12.5 Å². The summed E-state index contributed by atoms with van der Waals surface area (Å²) in [5.41, 5.74) is 8.47. The smallest absolute Gasteiger partial charge is 0.126 e. The van der Waals surface area contributed by atoms with Crippen molar-refractivity contribution in [3.63, 3.8) is 0 Å². The minimum absolute atomic E-state index is 0.248. The van der Waals surface area contributed by atoms with E-state index in [1.165, 1.54) is 12.1 Å². The average Bonchev–Trinajstić information content (AvgIpc) is 2.93. The predicted octanol–water partition coefficient (Wildman–Crippen LogP) is 4.22. The zero-order valence-corrected chi connectivity index (χ0v) is 13.1. The summed E-state index contributed by atoms with van der Waals surface area (Å²) in [4.78, 5) is 0. The summed E-state index contributed by atoms with van der Waals surface area (Å²) in [5, 5.41) is 1.14. The number of fused-ring (bicyclic) bond motifs is 1. The molecule has 120 valence electrons. The summed E-state index contributed by atoms with van der Waals surface area (Å²) in [7, 11) is 0. The van der Waals surface area contributed by atoms with Crippen LogP contribution in [0.25, 0.3) is 10.9 Å². The molecule has 0 bridgehead atoms. The first-order valence-electron chi connectivity index (χ1n) is 7.85. The van der Waals surface area contributed by atoms with E-state index in [0.29, 0.717) is 12.0 Å². The highest BCUT2D eigenvalue weighted by atomic mass is 19.1. The van der Waals surface area contributed by atoms with Gasteiger partial charge in [0.1, 0.15) is 11.6 Å². The highest BCUT2D eigenvalue weighted by Gasteiger charge is 2.18. The Morgan fingerprint density at radius 3 is 2.65 bits per heavy atom. The molecule has 0 saturated heterocycles. The molecule has 0 fully saturated rings. The Morgan fingerprint density at radius 2 is 1.91 bits per heavy atom. The summed E-state index contributed by atoms with van der Waals surface area (Å²) >= 11 is 0. The molecule has 0 amide bonds. The first-order valence-corrected chi connectivity index (χ1v) is 7.85. The number of aryl methyl sites for hydroxylation is 1. The second-order valence-corrected chi connectivity index (χ2v) is 5.76. The summed E-state index contributed by atoms with van der Waals surface area (Å²) < 4.78 is 29.7. The maximum absolute atomic E-state index is 14.1. The van der Waals surface area contributed by atoms with Gasteiger partial charge in [-0.25, -0.2) is 8.78 Å². The Balaban J connectivity index is 2.01. The number of halogens is 2. The lowest BCUT2D eigenvalue weighted by molar-refractivity contribution is 0.558. The van der Waals surface area contributed by atoms with E-state index in [4.69, 9.17) is 5.73 Å². The van der Waals surface area contributed by atoms with Crippen molar-refractivity contribution >= 4 is 10.9 Å². The fourth-order valence-corrected chi connectivity index (χ4v) is 3.16. The fraction of sp³-hybridized carbons (Fsp3) is 0.263. The van der Waals surface area contributed by atoms with Gasteiger partial charge < -0.3 is 10.3 Å². The van der Waals surface area contributed by atoms with Gasteiger partial charge in [-0.3, -0.25) is 0 Å². The van der Waals surface area contributed by atoms with Crippen molar-refractivity contribution in [1.82, 2.24) is 4.57 Å². The van der Waals surface area contributed by atoms with Gasteiger partial charge in [0.05, 0.1) is 0 Å². The van der Waals surface area contributed by atoms with Crippen LogP contribution >= 0.6 is 0 Å². The molecule has 0 spiro atoms. The van der Waals surface area contributed by atoms with Gasteiger partial charge in [-0.2, -0.15) is 0 Å². The zero-order chi connectivity index (χ0) is 16.4. The van der Waals surface area contributed by atoms with Crippen molar-refractivity contribution in [2.75, 3.05) is 6.54 Å². The predicted molar refractivity (Wildman–Crippen MR) is 89.5 cm³/mol. The van der Waals surface area contributed by atoms with E-state index in [9.17, 15) is 8.78 Å². The molecule has 3 aromatic rings. The van der Waals surface area contributed by atoms with Crippen LogP contribution in [0.4, 0.5) is 8.78 Å². The van der Waals surface area contributed by atoms with Crippen molar-refractivity contribution in [1.29, 1.82) is 0 Å². The van der Waals surface area contributed by atoms with Crippen molar-refractivity contribution in [3.05, 3.63) is 71.4 Å². The lowest BCUT2D eigenvalue weighted by Gasteiger charge is -2.16.